The lowest BCUT2D eigenvalue weighted by molar-refractivity contribution is 0.230. The van der Waals surface area contributed by atoms with Crippen LogP contribution in [0.3, 0.4) is 0 Å². The number of nitrogens with two attached hydrogens (primary N) is 1. The summed E-state index contributed by atoms with van der Waals surface area (Å²) in [5.74, 6) is 0. The summed E-state index contributed by atoms with van der Waals surface area (Å²) in [5, 5.41) is 3.04. The first-order valence-electron chi connectivity index (χ1n) is 4.32. The number of rotatable bonds is 3. The number of nitrogens with one attached hydrogen (secondary N) is 1. The van der Waals surface area contributed by atoms with Gasteiger partial charge in [-0.2, -0.15) is 0 Å². The van der Waals surface area contributed by atoms with E-state index in [0.717, 1.165) is 6.54 Å². The minimum absolute atomic E-state index is 0.132. The van der Waals surface area contributed by atoms with Gasteiger partial charge in [-0.25, -0.2) is 4.39 Å². The Labute approximate surface area is 73.0 Å². The van der Waals surface area contributed by atoms with Crippen LogP contribution in [0, 0.1) is 0 Å². The van der Waals surface area contributed by atoms with Crippen molar-refractivity contribution in [1.29, 1.82) is 0 Å². The first-order chi connectivity index (χ1) is 5.49. The van der Waals surface area contributed by atoms with Gasteiger partial charge in [0.1, 0.15) is 6.17 Å². The summed E-state index contributed by atoms with van der Waals surface area (Å²) in [5.41, 5.74) is 5.29. The van der Waals surface area contributed by atoms with E-state index in [-0.39, 0.29) is 6.04 Å². The van der Waals surface area contributed by atoms with Crippen molar-refractivity contribution in [3.8, 4) is 0 Å². The molecule has 0 saturated heterocycles. The molecule has 0 fully saturated rings. The zero-order valence-corrected chi connectivity index (χ0v) is 7.68. The molecule has 1 heterocycles. The molecule has 12 heavy (non-hydrogen) atoms. The van der Waals surface area contributed by atoms with Gasteiger partial charge in [0.2, 0.25) is 0 Å². The molecule has 2 unspecified atom stereocenters. The SMILES string of the molecule is CC(C)(N)CC(F)C1C=CCN1. The van der Waals surface area contributed by atoms with Crippen LogP contribution in [0.5, 0.6) is 0 Å². The Morgan fingerprint density at radius 2 is 2.42 bits per heavy atom. The van der Waals surface area contributed by atoms with Gasteiger partial charge in [-0.3, -0.25) is 0 Å². The smallest absolute Gasteiger partial charge is 0.121 e. The first-order valence-corrected chi connectivity index (χ1v) is 4.32. The molecule has 0 saturated carbocycles. The number of hydrogen-bond acceptors (Lipinski definition) is 2. The average molecular weight is 172 g/mol. The Morgan fingerprint density at radius 3 is 2.83 bits per heavy atom. The largest absolute Gasteiger partial charge is 0.325 e. The Morgan fingerprint density at radius 1 is 1.75 bits per heavy atom. The lowest BCUT2D eigenvalue weighted by Gasteiger charge is -2.24. The molecule has 0 aromatic heterocycles. The van der Waals surface area contributed by atoms with Crippen LogP contribution in [0.2, 0.25) is 0 Å². The summed E-state index contributed by atoms with van der Waals surface area (Å²) >= 11 is 0. The van der Waals surface area contributed by atoms with E-state index >= 15 is 0 Å². The molecule has 70 valence electrons. The van der Waals surface area contributed by atoms with Crippen molar-refractivity contribution < 1.29 is 4.39 Å². The van der Waals surface area contributed by atoms with Crippen LogP contribution >= 0.6 is 0 Å². The molecule has 0 bridgehead atoms. The molecule has 0 aromatic carbocycles. The highest BCUT2D eigenvalue weighted by Crippen LogP contribution is 2.16. The summed E-state index contributed by atoms with van der Waals surface area (Å²) in [6, 6.07) is -0.132. The van der Waals surface area contributed by atoms with Crippen molar-refractivity contribution in [2.24, 2.45) is 5.73 Å². The summed E-state index contributed by atoms with van der Waals surface area (Å²) in [4.78, 5) is 0. The van der Waals surface area contributed by atoms with Gasteiger partial charge in [-0.15, -0.1) is 0 Å². The third kappa shape index (κ3) is 2.91. The Bertz CT molecular complexity index is 172. The van der Waals surface area contributed by atoms with Gasteiger partial charge in [0.25, 0.3) is 0 Å². The summed E-state index contributed by atoms with van der Waals surface area (Å²) < 4.78 is 13.4. The highest BCUT2D eigenvalue weighted by Gasteiger charge is 2.25. The van der Waals surface area contributed by atoms with Crippen LogP contribution in [0.1, 0.15) is 20.3 Å². The fourth-order valence-electron chi connectivity index (χ4n) is 1.36. The monoisotopic (exact) mass is 172 g/mol. The van der Waals surface area contributed by atoms with E-state index in [1.165, 1.54) is 0 Å². The van der Waals surface area contributed by atoms with Gasteiger partial charge >= 0.3 is 0 Å². The molecule has 0 aromatic rings. The molecule has 2 nitrogen and oxygen atoms in total. The molecular weight excluding hydrogens is 155 g/mol. The van der Waals surface area contributed by atoms with Crippen LogP contribution in [-0.4, -0.2) is 24.3 Å². The lowest BCUT2D eigenvalue weighted by atomic mass is 9.95. The van der Waals surface area contributed by atoms with Crippen molar-refractivity contribution >= 4 is 0 Å². The second kappa shape index (κ2) is 3.54. The summed E-state index contributed by atoms with van der Waals surface area (Å²) in [6.07, 6.45) is 3.34. The average Bonchev–Trinajstić information content (AvgIpc) is 2.32. The highest BCUT2D eigenvalue weighted by atomic mass is 19.1. The van der Waals surface area contributed by atoms with Crippen molar-refractivity contribution in [3.63, 3.8) is 0 Å². The maximum Gasteiger partial charge on any atom is 0.121 e. The van der Waals surface area contributed by atoms with Crippen molar-refractivity contribution in [3.05, 3.63) is 12.2 Å². The van der Waals surface area contributed by atoms with E-state index in [2.05, 4.69) is 5.32 Å². The molecular formula is C9H17FN2. The van der Waals surface area contributed by atoms with Gasteiger partial charge in [0, 0.05) is 12.1 Å². The van der Waals surface area contributed by atoms with Crippen LogP contribution in [-0.2, 0) is 0 Å². The second-order valence-corrected chi connectivity index (χ2v) is 4.07. The molecule has 3 heteroatoms. The minimum atomic E-state index is -0.872. The van der Waals surface area contributed by atoms with Crippen molar-refractivity contribution in [2.45, 2.75) is 38.0 Å². The molecule has 1 aliphatic rings. The van der Waals surface area contributed by atoms with Crippen molar-refractivity contribution in [2.75, 3.05) is 6.54 Å². The lowest BCUT2D eigenvalue weighted by Crippen LogP contribution is -2.41. The molecule has 0 aliphatic carbocycles. The van der Waals surface area contributed by atoms with Crippen LogP contribution in [0.25, 0.3) is 0 Å². The van der Waals surface area contributed by atoms with E-state index < -0.39 is 11.7 Å². The minimum Gasteiger partial charge on any atom is -0.325 e. The standard InChI is InChI=1S/C9H17FN2/c1-9(2,11)6-7(10)8-4-3-5-12-8/h3-4,7-8,12H,5-6,11H2,1-2H3. The van der Waals surface area contributed by atoms with Gasteiger partial charge in [0.05, 0.1) is 6.04 Å². The fourth-order valence-corrected chi connectivity index (χ4v) is 1.36. The molecule has 0 amide bonds. The van der Waals surface area contributed by atoms with Crippen LogP contribution in [0.4, 0.5) is 4.39 Å². The van der Waals surface area contributed by atoms with Crippen LogP contribution in [0.15, 0.2) is 12.2 Å². The topological polar surface area (TPSA) is 38.0 Å². The zero-order valence-electron chi connectivity index (χ0n) is 7.68. The van der Waals surface area contributed by atoms with E-state index in [4.69, 9.17) is 5.73 Å². The Hall–Kier alpha value is -0.410. The number of halogens is 1. The molecule has 2 atom stereocenters. The second-order valence-electron chi connectivity index (χ2n) is 4.07. The first kappa shape index (κ1) is 9.68. The van der Waals surface area contributed by atoms with Gasteiger partial charge in [-0.05, 0) is 20.3 Å². The molecule has 0 spiro atoms. The molecule has 0 radical (unpaired) electrons. The quantitative estimate of drug-likeness (QED) is 0.623. The highest BCUT2D eigenvalue weighted by molar-refractivity contribution is 5.06. The number of hydrogen-bond donors (Lipinski definition) is 2. The fraction of sp³-hybridized carbons (Fsp3) is 0.778. The predicted octanol–water partition coefficient (Wildman–Crippen LogP) is 0.980. The van der Waals surface area contributed by atoms with Crippen molar-refractivity contribution in [1.82, 2.24) is 5.32 Å². The molecule has 3 N–H and O–H groups in total. The summed E-state index contributed by atoms with van der Waals surface area (Å²) in [6.45, 7) is 4.46. The maximum atomic E-state index is 13.4. The third-order valence-electron chi connectivity index (χ3n) is 1.93. The Balaban J connectivity index is 2.37. The van der Waals surface area contributed by atoms with Gasteiger partial charge < -0.3 is 11.1 Å². The van der Waals surface area contributed by atoms with Gasteiger partial charge in [-0.1, -0.05) is 12.2 Å². The predicted molar refractivity (Wildman–Crippen MR) is 48.7 cm³/mol. The van der Waals surface area contributed by atoms with E-state index in [1.807, 2.05) is 26.0 Å². The van der Waals surface area contributed by atoms with Gasteiger partial charge in [0.15, 0.2) is 0 Å². The van der Waals surface area contributed by atoms with E-state index in [9.17, 15) is 4.39 Å². The van der Waals surface area contributed by atoms with E-state index in [1.54, 1.807) is 0 Å². The molecule has 1 rings (SSSR count). The Kier molecular flexibility index (Phi) is 2.85. The third-order valence-corrected chi connectivity index (χ3v) is 1.93. The summed E-state index contributed by atoms with van der Waals surface area (Å²) in [7, 11) is 0. The van der Waals surface area contributed by atoms with Crippen LogP contribution < -0.4 is 11.1 Å². The normalized spacial score (nSPS) is 26.2. The maximum absolute atomic E-state index is 13.4. The number of alkyl halides is 1. The van der Waals surface area contributed by atoms with E-state index in [0.29, 0.717) is 6.42 Å². The molecule has 1 aliphatic heterocycles. The zero-order chi connectivity index (χ0) is 9.19.